The molecule has 3 nitrogen and oxygen atoms in total. The van der Waals surface area contributed by atoms with Gasteiger partial charge in [0.25, 0.3) is 0 Å². The molecule has 6 heteroatoms. The molecule has 0 aliphatic carbocycles. The molecule has 6 heavy (non-hydrogen) atoms. The fourth-order valence-corrected chi connectivity index (χ4v) is 0. The summed E-state index contributed by atoms with van der Waals surface area (Å²) in [5, 5.41) is 0. The molecular formula is Ga2O3Si. The second kappa shape index (κ2) is 97.9. The number of hydrogen-bond acceptors (Lipinski definition) is 0. The third-order valence-electron chi connectivity index (χ3n) is 0. The van der Waals surface area contributed by atoms with Crippen molar-refractivity contribution in [2.75, 3.05) is 0 Å². The molecular weight excluding hydrogens is 216 g/mol. The molecule has 0 heterocycles. The van der Waals surface area contributed by atoms with Crippen molar-refractivity contribution >= 4 is 50.5 Å². The third-order valence-corrected chi connectivity index (χ3v) is 0. The Kier molecular flexibility index (Phi) is 2600. The van der Waals surface area contributed by atoms with Crippen LogP contribution in [-0.2, 0) is 16.4 Å². The summed E-state index contributed by atoms with van der Waals surface area (Å²) < 4.78 is 0. The van der Waals surface area contributed by atoms with Crippen molar-refractivity contribution in [3.05, 3.63) is 0 Å². The minimum atomic E-state index is 0. The van der Waals surface area contributed by atoms with Crippen LogP contribution in [0.25, 0.3) is 0 Å². The van der Waals surface area contributed by atoms with Crippen molar-refractivity contribution in [1.82, 2.24) is 0 Å². The van der Waals surface area contributed by atoms with Crippen molar-refractivity contribution in [3.63, 3.8) is 0 Å². The first-order valence-electron chi connectivity index (χ1n) is 0. The summed E-state index contributed by atoms with van der Waals surface area (Å²) in [5.41, 5.74) is 0. The summed E-state index contributed by atoms with van der Waals surface area (Å²) in [5.74, 6) is 0. The molecule has 0 aromatic rings. The second-order valence-corrected chi connectivity index (χ2v) is 0. The third kappa shape index (κ3) is 54.7. The van der Waals surface area contributed by atoms with Gasteiger partial charge in [0.05, 0.1) is 0 Å². The molecule has 0 saturated heterocycles. The summed E-state index contributed by atoms with van der Waals surface area (Å²) in [4.78, 5) is 0. The van der Waals surface area contributed by atoms with E-state index < -0.39 is 0 Å². The smallest absolute Gasteiger partial charge is 2.00 e. The summed E-state index contributed by atoms with van der Waals surface area (Å²) in [6, 6.07) is 0. The average Bonchev–Trinajstić information content (AvgIpc) is 0. The van der Waals surface area contributed by atoms with Crippen LogP contribution < -0.4 is 0 Å². The Morgan fingerprint density at radius 3 is 0.500 bits per heavy atom. The monoisotopic (exact) mass is 214 g/mol. The SMILES string of the molecule is [Ga+3].[Ga+3].[O-2].[O-2].[O-2].[Si]. The Morgan fingerprint density at radius 1 is 0.500 bits per heavy atom. The van der Waals surface area contributed by atoms with Crippen LogP contribution in [-0.4, -0.2) is 50.5 Å². The zero-order chi connectivity index (χ0) is 0. The van der Waals surface area contributed by atoms with Gasteiger partial charge in [0.15, 0.2) is 0 Å². The minimum Gasteiger partial charge on any atom is -2.00 e. The van der Waals surface area contributed by atoms with E-state index in [9.17, 15) is 0 Å². The maximum atomic E-state index is 0. The van der Waals surface area contributed by atoms with E-state index in [4.69, 9.17) is 0 Å². The molecule has 0 saturated carbocycles. The summed E-state index contributed by atoms with van der Waals surface area (Å²) in [6.07, 6.45) is 0. The quantitative estimate of drug-likeness (QED) is 0.441. The normalized spacial score (nSPS) is 0. The first-order chi connectivity index (χ1) is 0. The van der Waals surface area contributed by atoms with Crippen LogP contribution in [0.2, 0.25) is 0 Å². The Bertz CT molecular complexity index is 8.75. The molecule has 0 unspecified atom stereocenters. The van der Waals surface area contributed by atoms with Gasteiger partial charge in [0, 0.05) is 11.0 Å². The van der Waals surface area contributed by atoms with Crippen LogP contribution in [0.5, 0.6) is 0 Å². The number of rotatable bonds is 0. The molecule has 0 spiro atoms. The molecule has 0 atom stereocenters. The van der Waals surface area contributed by atoms with Gasteiger partial charge in [-0.1, -0.05) is 0 Å². The molecule has 28 valence electrons. The van der Waals surface area contributed by atoms with Gasteiger partial charge in [-0.05, 0) is 0 Å². The van der Waals surface area contributed by atoms with E-state index in [1.54, 1.807) is 0 Å². The van der Waals surface area contributed by atoms with E-state index in [1.807, 2.05) is 0 Å². The molecule has 4 radical (unpaired) electrons. The standard InChI is InChI=1S/2Ga.3O.Si/q2*+3;3*-2;. The zero-order valence-corrected chi connectivity index (χ0v) is 8.72. The van der Waals surface area contributed by atoms with Gasteiger partial charge >= 0.3 is 39.6 Å². The summed E-state index contributed by atoms with van der Waals surface area (Å²) in [7, 11) is 0. The Balaban J connectivity index is 0. The van der Waals surface area contributed by atoms with Crippen molar-refractivity contribution in [2.45, 2.75) is 0 Å². The Morgan fingerprint density at radius 2 is 0.500 bits per heavy atom. The zero-order valence-electron chi connectivity index (χ0n) is 2.88. The number of hydrogen-bond donors (Lipinski definition) is 0. The Labute approximate surface area is 66.9 Å². The summed E-state index contributed by atoms with van der Waals surface area (Å²) in [6.45, 7) is 0. The van der Waals surface area contributed by atoms with Gasteiger partial charge in [-0.3, -0.25) is 0 Å². The molecule has 0 aliphatic rings. The molecule has 0 fully saturated rings. The van der Waals surface area contributed by atoms with E-state index in [1.165, 1.54) is 0 Å². The van der Waals surface area contributed by atoms with Crippen LogP contribution in [0, 0.1) is 0 Å². The first kappa shape index (κ1) is 159. The van der Waals surface area contributed by atoms with Gasteiger partial charge in [0.2, 0.25) is 0 Å². The maximum Gasteiger partial charge on any atom is 3.00 e. The first-order valence-corrected chi connectivity index (χ1v) is 0. The molecule has 0 aliphatic heterocycles. The average molecular weight is 216 g/mol. The van der Waals surface area contributed by atoms with Gasteiger partial charge in [-0.15, -0.1) is 0 Å². The predicted octanol–water partition coefficient (Wildman–Crippen LogP) is -1.50. The minimum absolute atomic E-state index is 0. The van der Waals surface area contributed by atoms with E-state index in [-0.39, 0.29) is 67.0 Å². The second-order valence-electron chi connectivity index (χ2n) is 0. The van der Waals surface area contributed by atoms with Crippen LogP contribution in [0.15, 0.2) is 0 Å². The van der Waals surface area contributed by atoms with Crippen molar-refractivity contribution < 1.29 is 16.4 Å². The molecule has 0 amide bonds. The van der Waals surface area contributed by atoms with Crippen LogP contribution >= 0.6 is 0 Å². The van der Waals surface area contributed by atoms with Crippen molar-refractivity contribution in [1.29, 1.82) is 0 Å². The molecule has 0 bridgehead atoms. The van der Waals surface area contributed by atoms with Crippen LogP contribution in [0.1, 0.15) is 0 Å². The van der Waals surface area contributed by atoms with E-state index in [0.29, 0.717) is 0 Å². The van der Waals surface area contributed by atoms with Crippen LogP contribution in [0.4, 0.5) is 0 Å². The van der Waals surface area contributed by atoms with Crippen LogP contribution in [0.3, 0.4) is 0 Å². The largest absolute Gasteiger partial charge is 3.00 e. The molecule has 0 aromatic heterocycles. The van der Waals surface area contributed by atoms with E-state index >= 15 is 0 Å². The van der Waals surface area contributed by atoms with E-state index in [0.717, 1.165) is 0 Å². The van der Waals surface area contributed by atoms with Gasteiger partial charge in [-0.25, -0.2) is 0 Å². The fourth-order valence-electron chi connectivity index (χ4n) is 0. The van der Waals surface area contributed by atoms with Crippen molar-refractivity contribution in [2.24, 2.45) is 0 Å². The van der Waals surface area contributed by atoms with Gasteiger partial charge in [0.1, 0.15) is 0 Å². The topological polar surface area (TPSA) is 85.5 Å². The molecule has 0 aromatic carbocycles. The molecule has 0 rings (SSSR count). The Hall–Kier alpha value is 1.37. The van der Waals surface area contributed by atoms with E-state index in [2.05, 4.69) is 0 Å². The molecule has 0 N–H and O–H groups in total. The fraction of sp³-hybridized carbons (Fsp3) is 0. The maximum absolute atomic E-state index is 0. The van der Waals surface area contributed by atoms with Crippen molar-refractivity contribution in [3.8, 4) is 0 Å². The predicted molar refractivity (Wildman–Crippen MR) is 19.3 cm³/mol. The van der Waals surface area contributed by atoms with Gasteiger partial charge in [-0.2, -0.15) is 0 Å². The van der Waals surface area contributed by atoms with Gasteiger partial charge < -0.3 is 16.4 Å². The summed E-state index contributed by atoms with van der Waals surface area (Å²) >= 11 is 0.